The van der Waals surface area contributed by atoms with Crippen LogP contribution in [0.3, 0.4) is 0 Å². The highest BCUT2D eigenvalue weighted by atomic mass is 16.6. The minimum absolute atomic E-state index is 0.233. The first-order valence-corrected chi connectivity index (χ1v) is 12.1. The number of carbonyl (C=O) groups excluding carboxylic acids is 1. The predicted octanol–water partition coefficient (Wildman–Crippen LogP) is 4.13. The molecular formula is C29H25N3O9. The van der Waals surface area contributed by atoms with E-state index < -0.39 is 21.9 Å². The molecule has 4 rings (SSSR count). The van der Waals surface area contributed by atoms with Crippen molar-refractivity contribution >= 4 is 24.1 Å². The molecule has 0 radical (unpaired) electrons. The highest BCUT2D eigenvalue weighted by Gasteiger charge is 2.19. The van der Waals surface area contributed by atoms with Crippen LogP contribution in [-0.2, 0) is 13.2 Å². The summed E-state index contributed by atoms with van der Waals surface area (Å²) in [5.41, 5.74) is -0.105. The van der Waals surface area contributed by atoms with E-state index in [1.807, 2.05) is 29.2 Å². The van der Waals surface area contributed by atoms with Gasteiger partial charge in [-0.15, -0.1) is 0 Å². The molecule has 41 heavy (non-hydrogen) atoms. The third kappa shape index (κ3) is 7.06. The molecule has 0 saturated heterocycles. The molecule has 0 aliphatic carbocycles. The topological polar surface area (TPSA) is 163 Å². The quantitative estimate of drug-likeness (QED) is 0.148. The van der Waals surface area contributed by atoms with Crippen LogP contribution in [0.4, 0.5) is 5.69 Å². The minimum Gasteiger partial charge on any atom is -0.493 e. The Balaban J connectivity index is 1.44. The number of aromatic amines is 2. The number of benzene rings is 3. The molecule has 4 aromatic rings. The number of aldehydes is 1. The third-order valence-electron chi connectivity index (χ3n) is 5.86. The zero-order chi connectivity index (χ0) is 29.4. The molecule has 0 aliphatic heterocycles. The molecule has 210 valence electrons. The van der Waals surface area contributed by atoms with E-state index in [0.29, 0.717) is 34.1 Å². The van der Waals surface area contributed by atoms with Crippen molar-refractivity contribution in [1.29, 1.82) is 0 Å². The van der Waals surface area contributed by atoms with E-state index in [-0.39, 0.29) is 18.9 Å². The summed E-state index contributed by atoms with van der Waals surface area (Å²) in [4.78, 5) is 48.8. The van der Waals surface area contributed by atoms with E-state index in [0.717, 1.165) is 17.4 Å². The van der Waals surface area contributed by atoms with Gasteiger partial charge in [0, 0.05) is 5.56 Å². The molecule has 1 heterocycles. The Morgan fingerprint density at radius 3 is 1.93 bits per heavy atom. The van der Waals surface area contributed by atoms with Gasteiger partial charge in [-0.25, -0.2) is 4.79 Å². The standard InChI is InChI=1S/C29H25N3O9/c1-38-25-13-18(6-9-22-27(32(36)37)28(34)31-29(35)30-22)7-10-23(25)40-16-20-4-3-5-21(12-20)17-41-24-11-8-19(15-33)14-26(24)39-2/h3-15H,16-17H2,1-2H3,(H2,30,31,34,35)/b9-6+. The van der Waals surface area contributed by atoms with Gasteiger partial charge in [0.05, 0.1) is 19.1 Å². The van der Waals surface area contributed by atoms with Gasteiger partial charge in [0.1, 0.15) is 25.2 Å². The Morgan fingerprint density at radius 2 is 1.37 bits per heavy atom. The van der Waals surface area contributed by atoms with E-state index in [1.165, 1.54) is 26.4 Å². The molecule has 3 aromatic carbocycles. The largest absolute Gasteiger partial charge is 0.493 e. The number of nitro groups is 1. The van der Waals surface area contributed by atoms with Gasteiger partial charge in [0.2, 0.25) is 0 Å². The van der Waals surface area contributed by atoms with Crippen molar-refractivity contribution in [1.82, 2.24) is 9.97 Å². The molecule has 0 atom stereocenters. The molecule has 12 nitrogen and oxygen atoms in total. The lowest BCUT2D eigenvalue weighted by Gasteiger charge is -2.13. The lowest BCUT2D eigenvalue weighted by Crippen LogP contribution is -2.25. The molecule has 0 amide bonds. The number of aromatic nitrogens is 2. The number of hydrogen-bond donors (Lipinski definition) is 2. The summed E-state index contributed by atoms with van der Waals surface area (Å²) < 4.78 is 22.6. The smallest absolute Gasteiger partial charge is 0.357 e. The van der Waals surface area contributed by atoms with Crippen molar-refractivity contribution in [3.63, 3.8) is 0 Å². The van der Waals surface area contributed by atoms with Crippen LogP contribution in [0.25, 0.3) is 12.2 Å². The molecule has 0 bridgehead atoms. The number of methoxy groups -OCH3 is 2. The predicted molar refractivity (Wildman–Crippen MR) is 150 cm³/mol. The van der Waals surface area contributed by atoms with Gasteiger partial charge in [0.15, 0.2) is 23.0 Å². The van der Waals surface area contributed by atoms with Crippen LogP contribution < -0.4 is 30.2 Å². The molecule has 2 N–H and O–H groups in total. The van der Waals surface area contributed by atoms with Crippen LogP contribution in [0.2, 0.25) is 0 Å². The van der Waals surface area contributed by atoms with Gasteiger partial charge in [-0.05, 0) is 59.2 Å². The van der Waals surface area contributed by atoms with Crippen molar-refractivity contribution in [2.75, 3.05) is 14.2 Å². The Kier molecular flexibility index (Phi) is 8.95. The van der Waals surface area contributed by atoms with Crippen LogP contribution in [0.15, 0.2) is 70.3 Å². The summed E-state index contributed by atoms with van der Waals surface area (Å²) in [7, 11) is 2.98. The van der Waals surface area contributed by atoms with Crippen LogP contribution >= 0.6 is 0 Å². The summed E-state index contributed by atoms with van der Waals surface area (Å²) in [5, 5.41) is 11.2. The average molecular weight is 560 g/mol. The zero-order valence-electron chi connectivity index (χ0n) is 22.0. The number of hydrogen-bond acceptors (Lipinski definition) is 9. The summed E-state index contributed by atoms with van der Waals surface area (Å²) in [5.74, 6) is 1.84. The van der Waals surface area contributed by atoms with Gasteiger partial charge < -0.3 is 23.9 Å². The summed E-state index contributed by atoms with van der Waals surface area (Å²) in [6, 6.07) is 17.6. The number of ether oxygens (including phenoxy) is 4. The maximum absolute atomic E-state index is 11.8. The SMILES string of the molecule is COc1cc(C=O)ccc1OCc1cccc(COc2ccc(/C=C/c3[nH]c(=O)[nH]c(=O)c3[N+](=O)[O-])cc2OC)c1. The Hall–Kier alpha value is -5.65. The van der Waals surface area contributed by atoms with Crippen LogP contribution in [0, 0.1) is 10.1 Å². The van der Waals surface area contributed by atoms with Crippen molar-refractivity contribution in [3.05, 3.63) is 120 Å². The second-order valence-corrected chi connectivity index (χ2v) is 8.60. The van der Waals surface area contributed by atoms with Crippen molar-refractivity contribution in [3.8, 4) is 23.0 Å². The number of nitrogens with zero attached hydrogens (tertiary/aromatic N) is 1. The van der Waals surface area contributed by atoms with Gasteiger partial charge >= 0.3 is 16.9 Å². The normalized spacial score (nSPS) is 10.8. The minimum atomic E-state index is -1.09. The fraction of sp³-hybridized carbons (Fsp3) is 0.138. The van der Waals surface area contributed by atoms with Crippen LogP contribution in [-0.4, -0.2) is 35.4 Å². The summed E-state index contributed by atoms with van der Waals surface area (Å²) >= 11 is 0. The molecule has 0 unspecified atom stereocenters. The fourth-order valence-electron chi connectivity index (χ4n) is 3.89. The third-order valence-corrected chi connectivity index (χ3v) is 5.86. The first-order chi connectivity index (χ1) is 19.8. The lowest BCUT2D eigenvalue weighted by atomic mass is 10.1. The maximum atomic E-state index is 11.8. The maximum Gasteiger partial charge on any atom is 0.357 e. The van der Waals surface area contributed by atoms with Gasteiger partial charge in [-0.1, -0.05) is 30.3 Å². The second-order valence-electron chi connectivity index (χ2n) is 8.60. The lowest BCUT2D eigenvalue weighted by molar-refractivity contribution is -0.386. The van der Waals surface area contributed by atoms with E-state index in [2.05, 4.69) is 4.98 Å². The number of H-pyrrole nitrogens is 2. The number of rotatable bonds is 12. The van der Waals surface area contributed by atoms with Crippen molar-refractivity contribution in [2.24, 2.45) is 0 Å². The van der Waals surface area contributed by atoms with Crippen LogP contribution in [0.1, 0.15) is 32.7 Å². The van der Waals surface area contributed by atoms with Gasteiger partial charge in [-0.2, -0.15) is 0 Å². The van der Waals surface area contributed by atoms with Gasteiger partial charge in [0.25, 0.3) is 0 Å². The first kappa shape index (κ1) is 28.4. The van der Waals surface area contributed by atoms with Crippen molar-refractivity contribution in [2.45, 2.75) is 13.2 Å². The molecule has 0 aliphatic rings. The highest BCUT2D eigenvalue weighted by molar-refractivity contribution is 5.76. The highest BCUT2D eigenvalue weighted by Crippen LogP contribution is 2.31. The van der Waals surface area contributed by atoms with E-state index in [4.69, 9.17) is 18.9 Å². The average Bonchev–Trinajstić information content (AvgIpc) is 2.97. The fourth-order valence-corrected chi connectivity index (χ4v) is 3.89. The molecular weight excluding hydrogens is 534 g/mol. The molecule has 1 aromatic heterocycles. The summed E-state index contributed by atoms with van der Waals surface area (Å²) in [6.07, 6.45) is 3.50. The van der Waals surface area contributed by atoms with Gasteiger partial charge in [-0.3, -0.25) is 24.7 Å². The number of nitrogens with one attached hydrogen (secondary N) is 2. The molecule has 0 saturated carbocycles. The Bertz CT molecular complexity index is 1720. The summed E-state index contributed by atoms with van der Waals surface area (Å²) in [6.45, 7) is 0.503. The van der Waals surface area contributed by atoms with Crippen molar-refractivity contribution < 1.29 is 28.7 Å². The monoisotopic (exact) mass is 559 g/mol. The first-order valence-electron chi connectivity index (χ1n) is 12.1. The molecule has 12 heteroatoms. The molecule has 0 spiro atoms. The van der Waals surface area contributed by atoms with Crippen LogP contribution in [0.5, 0.6) is 23.0 Å². The second kappa shape index (κ2) is 12.9. The Morgan fingerprint density at radius 1 is 0.780 bits per heavy atom. The number of carbonyl (C=O) groups is 1. The Labute approximate surface area is 232 Å². The van der Waals surface area contributed by atoms with E-state index >= 15 is 0 Å². The molecule has 0 fully saturated rings. The van der Waals surface area contributed by atoms with E-state index in [1.54, 1.807) is 36.4 Å². The zero-order valence-corrected chi connectivity index (χ0v) is 22.0. The van der Waals surface area contributed by atoms with E-state index in [9.17, 15) is 24.5 Å².